The Morgan fingerprint density at radius 2 is 2.09 bits per heavy atom. The minimum Gasteiger partial charge on any atom is -0.494 e. The zero-order valence-electron chi connectivity index (χ0n) is 12.7. The van der Waals surface area contributed by atoms with E-state index in [2.05, 4.69) is 10.3 Å². The standard InChI is InChI=1S/C18H16N2O2S/c1-2-22-14-9-10-15-16(12-14)23-18(19-15)20-17(21)11-8-13-6-4-3-5-7-13/h3-12H,2H2,1H3,(H,19,20,21)/b11-8+. The fraction of sp³-hybridized carbons (Fsp3) is 0.111. The van der Waals surface area contributed by atoms with Crippen molar-refractivity contribution < 1.29 is 9.53 Å². The molecule has 1 heterocycles. The van der Waals surface area contributed by atoms with Crippen LogP contribution in [0, 0.1) is 0 Å². The Hall–Kier alpha value is -2.66. The first-order valence-corrected chi connectivity index (χ1v) is 8.14. The summed E-state index contributed by atoms with van der Waals surface area (Å²) in [5.74, 6) is 0.614. The summed E-state index contributed by atoms with van der Waals surface area (Å²) in [6.45, 7) is 2.57. The molecule has 2 aromatic carbocycles. The molecule has 0 saturated carbocycles. The summed E-state index contributed by atoms with van der Waals surface area (Å²) in [6, 6.07) is 15.4. The molecule has 0 unspecified atom stereocenters. The highest BCUT2D eigenvalue weighted by molar-refractivity contribution is 7.22. The molecule has 5 heteroatoms. The largest absolute Gasteiger partial charge is 0.494 e. The number of hydrogen-bond acceptors (Lipinski definition) is 4. The van der Waals surface area contributed by atoms with Crippen molar-refractivity contribution in [2.45, 2.75) is 6.92 Å². The highest BCUT2D eigenvalue weighted by Crippen LogP contribution is 2.29. The van der Waals surface area contributed by atoms with Crippen LogP contribution in [0.25, 0.3) is 16.3 Å². The molecule has 0 aliphatic carbocycles. The predicted octanol–water partition coefficient (Wildman–Crippen LogP) is 4.35. The van der Waals surface area contributed by atoms with Gasteiger partial charge >= 0.3 is 0 Å². The predicted molar refractivity (Wildman–Crippen MR) is 94.9 cm³/mol. The number of nitrogens with one attached hydrogen (secondary N) is 1. The third-order valence-corrected chi connectivity index (χ3v) is 4.06. The van der Waals surface area contributed by atoms with Gasteiger partial charge in [-0.25, -0.2) is 4.98 Å². The van der Waals surface area contributed by atoms with Crippen LogP contribution >= 0.6 is 11.3 Å². The van der Waals surface area contributed by atoms with E-state index in [4.69, 9.17) is 4.74 Å². The van der Waals surface area contributed by atoms with E-state index in [0.29, 0.717) is 11.7 Å². The highest BCUT2D eigenvalue weighted by Gasteiger charge is 2.07. The minimum atomic E-state index is -0.196. The number of anilines is 1. The third kappa shape index (κ3) is 3.96. The van der Waals surface area contributed by atoms with Gasteiger partial charge in [-0.3, -0.25) is 10.1 Å². The Kier molecular flexibility index (Phi) is 4.68. The molecule has 1 N–H and O–H groups in total. The normalized spacial score (nSPS) is 11.0. The molecule has 0 aliphatic heterocycles. The van der Waals surface area contributed by atoms with Crippen LogP contribution in [0.3, 0.4) is 0 Å². The molecule has 0 aliphatic rings. The fourth-order valence-corrected chi connectivity index (χ4v) is 3.00. The van der Waals surface area contributed by atoms with Crippen molar-refractivity contribution in [2.75, 3.05) is 11.9 Å². The van der Waals surface area contributed by atoms with Gasteiger partial charge in [0.1, 0.15) is 5.75 Å². The van der Waals surface area contributed by atoms with E-state index in [-0.39, 0.29) is 5.91 Å². The maximum atomic E-state index is 12.0. The molecule has 0 saturated heterocycles. The van der Waals surface area contributed by atoms with Gasteiger partial charge in [-0.2, -0.15) is 0 Å². The third-order valence-electron chi connectivity index (χ3n) is 3.13. The second kappa shape index (κ2) is 7.07. The van der Waals surface area contributed by atoms with Gasteiger partial charge in [-0.1, -0.05) is 41.7 Å². The van der Waals surface area contributed by atoms with Crippen molar-refractivity contribution in [1.29, 1.82) is 0 Å². The first-order valence-electron chi connectivity index (χ1n) is 7.32. The van der Waals surface area contributed by atoms with Crippen molar-refractivity contribution >= 4 is 38.7 Å². The average molecular weight is 324 g/mol. The van der Waals surface area contributed by atoms with Gasteiger partial charge in [0.15, 0.2) is 5.13 Å². The van der Waals surface area contributed by atoms with E-state index in [1.807, 2.05) is 55.5 Å². The Labute approximate surface area is 138 Å². The van der Waals surface area contributed by atoms with Gasteiger partial charge in [0.2, 0.25) is 5.91 Å². The van der Waals surface area contributed by atoms with Crippen molar-refractivity contribution in [1.82, 2.24) is 4.98 Å². The number of hydrogen-bond donors (Lipinski definition) is 1. The van der Waals surface area contributed by atoms with Gasteiger partial charge in [0.25, 0.3) is 0 Å². The van der Waals surface area contributed by atoms with Crippen LogP contribution < -0.4 is 10.1 Å². The lowest BCUT2D eigenvalue weighted by atomic mass is 10.2. The molecule has 116 valence electrons. The number of carbonyl (C=O) groups excluding carboxylic acids is 1. The van der Waals surface area contributed by atoms with E-state index >= 15 is 0 Å². The van der Waals surface area contributed by atoms with Gasteiger partial charge in [-0.05, 0) is 36.8 Å². The molecular formula is C18H16N2O2S. The first kappa shape index (κ1) is 15.2. The number of aromatic nitrogens is 1. The number of nitrogens with zero attached hydrogens (tertiary/aromatic N) is 1. The summed E-state index contributed by atoms with van der Waals surface area (Å²) < 4.78 is 6.46. The fourth-order valence-electron chi connectivity index (χ4n) is 2.10. The summed E-state index contributed by atoms with van der Waals surface area (Å²) in [6.07, 6.45) is 3.28. The first-order chi connectivity index (χ1) is 11.2. The summed E-state index contributed by atoms with van der Waals surface area (Å²) in [5, 5.41) is 3.37. The Balaban J connectivity index is 1.71. The van der Waals surface area contributed by atoms with E-state index < -0.39 is 0 Å². The Bertz CT molecular complexity index is 841. The van der Waals surface area contributed by atoms with Gasteiger partial charge in [-0.15, -0.1) is 0 Å². The van der Waals surface area contributed by atoms with Gasteiger partial charge in [0.05, 0.1) is 16.8 Å². The molecule has 4 nitrogen and oxygen atoms in total. The molecule has 3 rings (SSSR count). The van der Waals surface area contributed by atoms with E-state index in [9.17, 15) is 4.79 Å². The van der Waals surface area contributed by atoms with Crippen LogP contribution in [0.5, 0.6) is 5.75 Å². The molecular weight excluding hydrogens is 308 g/mol. The van der Waals surface area contributed by atoms with Crippen molar-refractivity contribution in [2.24, 2.45) is 0 Å². The second-order valence-electron chi connectivity index (χ2n) is 4.81. The zero-order chi connectivity index (χ0) is 16.1. The van der Waals surface area contributed by atoms with Gasteiger partial charge in [0, 0.05) is 6.08 Å². The molecule has 0 radical (unpaired) electrons. The summed E-state index contributed by atoms with van der Waals surface area (Å²) in [4.78, 5) is 16.4. The van der Waals surface area contributed by atoms with Crippen LogP contribution in [-0.2, 0) is 4.79 Å². The molecule has 1 aromatic heterocycles. The smallest absolute Gasteiger partial charge is 0.250 e. The molecule has 0 atom stereocenters. The highest BCUT2D eigenvalue weighted by atomic mass is 32.1. The zero-order valence-corrected chi connectivity index (χ0v) is 13.5. The van der Waals surface area contributed by atoms with Crippen LogP contribution in [0.2, 0.25) is 0 Å². The second-order valence-corrected chi connectivity index (χ2v) is 5.85. The van der Waals surface area contributed by atoms with Crippen LogP contribution in [-0.4, -0.2) is 17.5 Å². The number of benzene rings is 2. The topological polar surface area (TPSA) is 51.2 Å². The lowest BCUT2D eigenvalue weighted by Gasteiger charge is -2.00. The minimum absolute atomic E-state index is 0.196. The molecule has 0 fully saturated rings. The lowest BCUT2D eigenvalue weighted by molar-refractivity contribution is -0.111. The van der Waals surface area contributed by atoms with Crippen molar-refractivity contribution in [3.63, 3.8) is 0 Å². The molecule has 23 heavy (non-hydrogen) atoms. The number of carbonyl (C=O) groups is 1. The van der Waals surface area contributed by atoms with E-state index in [1.54, 1.807) is 6.08 Å². The summed E-state index contributed by atoms with van der Waals surface area (Å²) in [5.41, 5.74) is 1.83. The maximum Gasteiger partial charge on any atom is 0.250 e. The molecule has 0 spiro atoms. The number of ether oxygens (including phenoxy) is 1. The van der Waals surface area contributed by atoms with Crippen molar-refractivity contribution in [3.8, 4) is 5.75 Å². The quantitative estimate of drug-likeness (QED) is 0.710. The average Bonchev–Trinajstić information content (AvgIpc) is 2.95. The number of rotatable bonds is 5. The maximum absolute atomic E-state index is 12.0. The number of fused-ring (bicyclic) bond motifs is 1. The molecule has 3 aromatic rings. The SMILES string of the molecule is CCOc1ccc2nc(NC(=O)/C=C/c3ccccc3)sc2c1. The van der Waals surface area contributed by atoms with Crippen LogP contribution in [0.4, 0.5) is 5.13 Å². The summed E-state index contributed by atoms with van der Waals surface area (Å²) >= 11 is 1.43. The summed E-state index contributed by atoms with van der Waals surface area (Å²) in [7, 11) is 0. The number of thiazole rings is 1. The van der Waals surface area contributed by atoms with Crippen molar-refractivity contribution in [3.05, 3.63) is 60.2 Å². The van der Waals surface area contributed by atoms with Crippen LogP contribution in [0.1, 0.15) is 12.5 Å². The van der Waals surface area contributed by atoms with Gasteiger partial charge < -0.3 is 4.74 Å². The molecule has 0 bridgehead atoms. The van der Waals surface area contributed by atoms with E-state index in [0.717, 1.165) is 21.5 Å². The van der Waals surface area contributed by atoms with E-state index in [1.165, 1.54) is 17.4 Å². The molecule has 1 amide bonds. The lowest BCUT2D eigenvalue weighted by Crippen LogP contribution is -2.07. The monoisotopic (exact) mass is 324 g/mol. The van der Waals surface area contributed by atoms with Crippen LogP contribution in [0.15, 0.2) is 54.6 Å². The number of amides is 1. The Morgan fingerprint density at radius 1 is 1.26 bits per heavy atom. The Morgan fingerprint density at radius 3 is 2.87 bits per heavy atom.